The summed E-state index contributed by atoms with van der Waals surface area (Å²) in [5.74, 6) is -0.0847. The summed E-state index contributed by atoms with van der Waals surface area (Å²) in [6.45, 7) is 2.31. The molecule has 0 unspecified atom stereocenters. The van der Waals surface area contributed by atoms with Crippen LogP contribution in [0.25, 0.3) is 0 Å². The number of carbonyl (C=O) groups is 1. The molecule has 1 aromatic rings. The van der Waals surface area contributed by atoms with Gasteiger partial charge in [-0.25, -0.2) is 0 Å². The van der Waals surface area contributed by atoms with Crippen LogP contribution in [-0.4, -0.2) is 23.9 Å². The minimum atomic E-state index is -0.453. The van der Waals surface area contributed by atoms with Crippen LogP contribution in [0.1, 0.15) is 18.9 Å². The van der Waals surface area contributed by atoms with Crippen LogP contribution in [0.4, 0.5) is 0 Å². The number of benzene rings is 1. The number of rotatable bonds is 4. The van der Waals surface area contributed by atoms with E-state index in [0.29, 0.717) is 23.0 Å². The van der Waals surface area contributed by atoms with E-state index in [4.69, 9.17) is 28.9 Å². The Labute approximate surface area is 111 Å². The van der Waals surface area contributed by atoms with Crippen LogP contribution < -0.4 is 5.73 Å². The van der Waals surface area contributed by atoms with Crippen molar-refractivity contribution in [2.45, 2.75) is 25.9 Å². The Balaban J connectivity index is 2.74. The smallest absolute Gasteiger partial charge is 0.239 e. The molecule has 0 saturated carbocycles. The fourth-order valence-corrected chi connectivity index (χ4v) is 1.91. The Morgan fingerprint density at radius 3 is 2.65 bits per heavy atom. The van der Waals surface area contributed by atoms with Crippen molar-refractivity contribution in [3.63, 3.8) is 0 Å². The summed E-state index contributed by atoms with van der Waals surface area (Å²) < 4.78 is 0. The molecule has 0 aliphatic carbocycles. The van der Waals surface area contributed by atoms with Crippen LogP contribution in [0.2, 0.25) is 10.0 Å². The summed E-state index contributed by atoms with van der Waals surface area (Å²) in [5.41, 5.74) is 6.54. The first-order valence-corrected chi connectivity index (χ1v) is 6.15. The standard InChI is InChI=1S/C12H16Cl2N2O/c1-3-11(15)12(17)16(2)7-8-4-5-9(13)6-10(8)14/h4-6,11H,3,7,15H2,1-2H3/t11-/m1/s1. The normalized spacial score (nSPS) is 12.3. The van der Waals surface area contributed by atoms with Crippen molar-refractivity contribution in [3.05, 3.63) is 33.8 Å². The highest BCUT2D eigenvalue weighted by Gasteiger charge is 2.17. The zero-order valence-corrected chi connectivity index (χ0v) is 11.4. The number of likely N-dealkylation sites (N-methyl/N-ethyl adjacent to an activating group) is 1. The second-order valence-corrected chi connectivity index (χ2v) is 4.79. The molecule has 17 heavy (non-hydrogen) atoms. The zero-order chi connectivity index (χ0) is 13.0. The number of halogens is 2. The van der Waals surface area contributed by atoms with Gasteiger partial charge < -0.3 is 10.6 Å². The van der Waals surface area contributed by atoms with Crippen LogP contribution in [0.5, 0.6) is 0 Å². The second-order valence-electron chi connectivity index (χ2n) is 3.94. The summed E-state index contributed by atoms with van der Waals surface area (Å²) in [7, 11) is 1.71. The predicted molar refractivity (Wildman–Crippen MR) is 71.2 cm³/mol. The van der Waals surface area contributed by atoms with Crippen molar-refractivity contribution in [3.8, 4) is 0 Å². The molecule has 5 heteroatoms. The molecule has 0 aliphatic rings. The zero-order valence-electron chi connectivity index (χ0n) is 9.91. The van der Waals surface area contributed by atoms with Gasteiger partial charge in [-0.15, -0.1) is 0 Å². The summed E-state index contributed by atoms with van der Waals surface area (Å²) in [5, 5.41) is 1.14. The maximum atomic E-state index is 11.8. The van der Waals surface area contributed by atoms with Gasteiger partial charge in [-0.1, -0.05) is 36.2 Å². The molecule has 0 heterocycles. The Hall–Kier alpha value is -0.770. The van der Waals surface area contributed by atoms with E-state index in [0.717, 1.165) is 5.56 Å². The lowest BCUT2D eigenvalue weighted by Crippen LogP contribution is -2.40. The highest BCUT2D eigenvalue weighted by atomic mass is 35.5. The van der Waals surface area contributed by atoms with Gasteiger partial charge in [0.2, 0.25) is 5.91 Å². The van der Waals surface area contributed by atoms with E-state index in [-0.39, 0.29) is 5.91 Å². The molecule has 0 saturated heterocycles. The molecule has 0 bridgehead atoms. The monoisotopic (exact) mass is 274 g/mol. The van der Waals surface area contributed by atoms with Crippen LogP contribution >= 0.6 is 23.2 Å². The summed E-state index contributed by atoms with van der Waals surface area (Å²) in [6, 6.07) is 4.77. The lowest BCUT2D eigenvalue weighted by atomic mass is 10.2. The van der Waals surface area contributed by atoms with Crippen molar-refractivity contribution >= 4 is 29.1 Å². The van der Waals surface area contributed by atoms with Gasteiger partial charge in [-0.05, 0) is 24.1 Å². The summed E-state index contributed by atoms with van der Waals surface area (Å²) >= 11 is 11.8. The van der Waals surface area contributed by atoms with E-state index in [2.05, 4.69) is 0 Å². The van der Waals surface area contributed by atoms with Crippen LogP contribution in [0.3, 0.4) is 0 Å². The maximum absolute atomic E-state index is 11.8. The number of nitrogens with zero attached hydrogens (tertiary/aromatic N) is 1. The molecule has 0 aliphatic heterocycles. The first-order chi connectivity index (χ1) is 7.95. The van der Waals surface area contributed by atoms with Crippen molar-refractivity contribution in [1.82, 2.24) is 4.90 Å². The predicted octanol–water partition coefficient (Wildman–Crippen LogP) is 2.69. The van der Waals surface area contributed by atoms with E-state index in [1.54, 1.807) is 24.1 Å². The molecule has 1 rings (SSSR count). The highest BCUT2D eigenvalue weighted by molar-refractivity contribution is 6.35. The summed E-state index contributed by atoms with van der Waals surface area (Å²) in [4.78, 5) is 13.4. The number of hydrogen-bond donors (Lipinski definition) is 1. The number of nitrogens with two attached hydrogens (primary N) is 1. The van der Waals surface area contributed by atoms with Gasteiger partial charge in [-0.3, -0.25) is 4.79 Å². The Bertz CT molecular complexity index is 409. The van der Waals surface area contributed by atoms with Crippen molar-refractivity contribution in [2.24, 2.45) is 5.73 Å². The average Bonchev–Trinajstić information content (AvgIpc) is 2.30. The highest BCUT2D eigenvalue weighted by Crippen LogP contribution is 2.22. The molecule has 94 valence electrons. The van der Waals surface area contributed by atoms with E-state index in [9.17, 15) is 4.79 Å². The molecule has 0 radical (unpaired) electrons. The van der Waals surface area contributed by atoms with Gasteiger partial charge in [0, 0.05) is 23.6 Å². The Morgan fingerprint density at radius 2 is 2.12 bits per heavy atom. The quantitative estimate of drug-likeness (QED) is 0.918. The van der Waals surface area contributed by atoms with Gasteiger partial charge >= 0.3 is 0 Å². The van der Waals surface area contributed by atoms with E-state index in [1.807, 2.05) is 13.0 Å². The molecule has 0 spiro atoms. The van der Waals surface area contributed by atoms with Crippen LogP contribution in [-0.2, 0) is 11.3 Å². The fourth-order valence-electron chi connectivity index (χ4n) is 1.44. The van der Waals surface area contributed by atoms with Gasteiger partial charge in [0.1, 0.15) is 0 Å². The molecule has 0 fully saturated rings. The second kappa shape index (κ2) is 6.24. The van der Waals surface area contributed by atoms with E-state index < -0.39 is 6.04 Å². The third-order valence-corrected chi connectivity index (χ3v) is 3.14. The van der Waals surface area contributed by atoms with E-state index in [1.165, 1.54) is 0 Å². The first kappa shape index (κ1) is 14.3. The Kier molecular flexibility index (Phi) is 5.25. The average molecular weight is 275 g/mol. The SMILES string of the molecule is CC[C@@H](N)C(=O)N(C)Cc1ccc(Cl)cc1Cl. The molecule has 2 N–H and O–H groups in total. The first-order valence-electron chi connectivity index (χ1n) is 5.40. The van der Waals surface area contributed by atoms with Crippen molar-refractivity contribution in [2.75, 3.05) is 7.05 Å². The maximum Gasteiger partial charge on any atom is 0.239 e. The van der Waals surface area contributed by atoms with Crippen LogP contribution in [0.15, 0.2) is 18.2 Å². The molecular weight excluding hydrogens is 259 g/mol. The molecule has 1 aromatic carbocycles. The van der Waals surface area contributed by atoms with Gasteiger partial charge in [-0.2, -0.15) is 0 Å². The molecule has 1 atom stereocenters. The third kappa shape index (κ3) is 3.87. The molecular formula is C12H16Cl2N2O. The fraction of sp³-hybridized carbons (Fsp3) is 0.417. The number of hydrogen-bond acceptors (Lipinski definition) is 2. The van der Waals surface area contributed by atoms with Crippen molar-refractivity contribution in [1.29, 1.82) is 0 Å². The van der Waals surface area contributed by atoms with Gasteiger partial charge in [0.15, 0.2) is 0 Å². The van der Waals surface area contributed by atoms with E-state index >= 15 is 0 Å². The minimum absolute atomic E-state index is 0.0847. The molecule has 0 aromatic heterocycles. The molecule has 1 amide bonds. The number of amides is 1. The minimum Gasteiger partial charge on any atom is -0.340 e. The Morgan fingerprint density at radius 1 is 1.47 bits per heavy atom. The van der Waals surface area contributed by atoms with Crippen molar-refractivity contribution < 1.29 is 4.79 Å². The molecule has 3 nitrogen and oxygen atoms in total. The lowest BCUT2D eigenvalue weighted by Gasteiger charge is -2.21. The third-order valence-electron chi connectivity index (χ3n) is 2.56. The lowest BCUT2D eigenvalue weighted by molar-refractivity contribution is -0.131. The van der Waals surface area contributed by atoms with Gasteiger partial charge in [0.25, 0.3) is 0 Å². The topological polar surface area (TPSA) is 46.3 Å². The van der Waals surface area contributed by atoms with Gasteiger partial charge in [0.05, 0.1) is 6.04 Å². The summed E-state index contributed by atoms with van der Waals surface area (Å²) in [6.07, 6.45) is 0.623. The largest absolute Gasteiger partial charge is 0.340 e. The van der Waals surface area contributed by atoms with Crippen LogP contribution in [0, 0.1) is 0 Å². The number of carbonyl (C=O) groups excluding carboxylic acids is 1.